The molecule has 4 heterocycles. The van der Waals surface area contributed by atoms with Gasteiger partial charge in [-0.05, 0) is 70.5 Å². The maximum absolute atomic E-state index is 5.37. The summed E-state index contributed by atoms with van der Waals surface area (Å²) >= 11 is 1.67. The molecule has 0 saturated carbocycles. The molecule has 1 saturated heterocycles. The molecule has 0 radical (unpaired) electrons. The first kappa shape index (κ1) is 19.9. The van der Waals surface area contributed by atoms with E-state index in [1.54, 1.807) is 17.6 Å². The van der Waals surface area contributed by atoms with Crippen LogP contribution in [0.15, 0.2) is 40.6 Å². The zero-order valence-electron chi connectivity index (χ0n) is 17.4. The van der Waals surface area contributed by atoms with E-state index in [9.17, 15) is 0 Å². The summed E-state index contributed by atoms with van der Waals surface area (Å²) in [5, 5.41) is 9.18. The standard InChI is InChI=1S/C22H29N5OS/c1-16(12-19-7-5-11-28-19)13-23-22-24-17(2)21(29-22)20-8-10-27(25-20)15-18-6-4-9-26(3)14-18/h5,7-8,10-12,18H,4,6,9,13-15H2,1-3H3,(H,23,24)/b16-12+. The van der Waals surface area contributed by atoms with Gasteiger partial charge in [0.15, 0.2) is 5.13 Å². The molecule has 1 aliphatic rings. The van der Waals surface area contributed by atoms with E-state index in [0.717, 1.165) is 46.8 Å². The fraction of sp³-hybridized carbons (Fsp3) is 0.455. The van der Waals surface area contributed by atoms with Gasteiger partial charge in [-0.2, -0.15) is 5.10 Å². The molecule has 1 fully saturated rings. The Hall–Kier alpha value is -2.38. The highest BCUT2D eigenvalue weighted by Gasteiger charge is 2.19. The van der Waals surface area contributed by atoms with Crippen molar-refractivity contribution >= 4 is 22.5 Å². The van der Waals surface area contributed by atoms with Gasteiger partial charge in [-0.15, -0.1) is 0 Å². The van der Waals surface area contributed by atoms with Crippen molar-refractivity contribution in [2.45, 2.75) is 33.2 Å². The molecule has 0 spiro atoms. The molecule has 0 amide bonds. The second-order valence-electron chi connectivity index (χ2n) is 7.99. The molecule has 3 aromatic heterocycles. The highest BCUT2D eigenvalue weighted by molar-refractivity contribution is 7.19. The van der Waals surface area contributed by atoms with Crippen LogP contribution in [0, 0.1) is 12.8 Å². The minimum Gasteiger partial charge on any atom is -0.465 e. The third kappa shape index (κ3) is 5.16. The molecule has 1 unspecified atom stereocenters. The molecule has 6 nitrogen and oxygen atoms in total. The number of rotatable bonds is 7. The molecule has 7 heteroatoms. The van der Waals surface area contributed by atoms with E-state index in [-0.39, 0.29) is 0 Å². The van der Waals surface area contributed by atoms with Gasteiger partial charge in [0.1, 0.15) is 11.5 Å². The number of aromatic nitrogens is 3. The average molecular weight is 412 g/mol. The van der Waals surface area contributed by atoms with E-state index in [1.807, 2.05) is 18.2 Å². The number of aryl methyl sites for hydroxylation is 1. The minimum absolute atomic E-state index is 0.685. The Morgan fingerprint density at radius 3 is 3.10 bits per heavy atom. The maximum atomic E-state index is 5.37. The molecule has 0 aromatic carbocycles. The van der Waals surface area contributed by atoms with Gasteiger partial charge in [-0.25, -0.2) is 4.98 Å². The van der Waals surface area contributed by atoms with E-state index in [2.05, 4.69) is 48.1 Å². The molecular formula is C22H29N5OS. The van der Waals surface area contributed by atoms with Crippen LogP contribution in [0.2, 0.25) is 0 Å². The van der Waals surface area contributed by atoms with Crippen LogP contribution in [0.25, 0.3) is 16.6 Å². The first-order chi connectivity index (χ1) is 14.1. The van der Waals surface area contributed by atoms with Gasteiger partial charge in [-0.1, -0.05) is 16.9 Å². The molecule has 29 heavy (non-hydrogen) atoms. The summed E-state index contributed by atoms with van der Waals surface area (Å²) in [6.07, 6.45) is 8.41. The van der Waals surface area contributed by atoms with E-state index in [1.165, 1.54) is 25.0 Å². The van der Waals surface area contributed by atoms with Crippen LogP contribution in [0.1, 0.15) is 31.2 Å². The molecule has 4 rings (SSSR count). The van der Waals surface area contributed by atoms with Gasteiger partial charge in [0.05, 0.1) is 16.8 Å². The molecule has 0 bridgehead atoms. The summed E-state index contributed by atoms with van der Waals surface area (Å²) in [7, 11) is 2.21. The molecule has 154 valence electrons. The van der Waals surface area contributed by atoms with Crippen molar-refractivity contribution in [3.63, 3.8) is 0 Å². The van der Waals surface area contributed by atoms with Gasteiger partial charge in [0, 0.05) is 25.8 Å². The monoisotopic (exact) mass is 411 g/mol. The van der Waals surface area contributed by atoms with Crippen LogP contribution in [-0.2, 0) is 6.54 Å². The predicted octanol–water partition coefficient (Wildman–Crippen LogP) is 4.77. The van der Waals surface area contributed by atoms with Gasteiger partial charge in [0.2, 0.25) is 0 Å². The normalized spacial score (nSPS) is 18.3. The van der Waals surface area contributed by atoms with Crippen molar-refractivity contribution in [3.05, 3.63) is 47.7 Å². The van der Waals surface area contributed by atoms with Crippen molar-refractivity contribution in [3.8, 4) is 10.6 Å². The molecule has 0 aliphatic carbocycles. The number of thiazole rings is 1. The van der Waals surface area contributed by atoms with Crippen LogP contribution in [0.4, 0.5) is 5.13 Å². The van der Waals surface area contributed by atoms with Crippen molar-refractivity contribution in [2.24, 2.45) is 5.92 Å². The Labute approximate surface area is 176 Å². The number of nitrogens with one attached hydrogen (secondary N) is 1. The SMILES string of the molecule is C/C(=C\c1ccco1)CNc1nc(C)c(-c2ccn(CC3CCCN(C)C3)n2)s1. The lowest BCUT2D eigenvalue weighted by molar-refractivity contribution is 0.191. The highest BCUT2D eigenvalue weighted by atomic mass is 32.1. The largest absolute Gasteiger partial charge is 0.465 e. The number of anilines is 1. The number of hydrogen-bond donors (Lipinski definition) is 1. The number of furan rings is 1. The summed E-state index contributed by atoms with van der Waals surface area (Å²) in [4.78, 5) is 8.25. The maximum Gasteiger partial charge on any atom is 0.183 e. The van der Waals surface area contributed by atoms with Gasteiger partial charge in [0.25, 0.3) is 0 Å². The predicted molar refractivity (Wildman–Crippen MR) is 119 cm³/mol. The smallest absolute Gasteiger partial charge is 0.183 e. The number of hydrogen-bond acceptors (Lipinski definition) is 6. The van der Waals surface area contributed by atoms with Crippen molar-refractivity contribution in [1.82, 2.24) is 19.7 Å². The zero-order valence-corrected chi connectivity index (χ0v) is 18.2. The zero-order chi connectivity index (χ0) is 20.2. The van der Waals surface area contributed by atoms with Crippen LogP contribution in [0.3, 0.4) is 0 Å². The summed E-state index contributed by atoms with van der Waals surface area (Å²) in [5.74, 6) is 1.56. The van der Waals surface area contributed by atoms with E-state index >= 15 is 0 Å². The second-order valence-corrected chi connectivity index (χ2v) is 8.99. The summed E-state index contributed by atoms with van der Waals surface area (Å²) in [6, 6.07) is 5.96. The summed E-state index contributed by atoms with van der Waals surface area (Å²) in [6.45, 7) is 8.24. The topological polar surface area (TPSA) is 59.1 Å². The lowest BCUT2D eigenvalue weighted by Gasteiger charge is -2.29. The van der Waals surface area contributed by atoms with Gasteiger partial charge in [-0.3, -0.25) is 4.68 Å². The molecule has 1 aliphatic heterocycles. The van der Waals surface area contributed by atoms with E-state index < -0.39 is 0 Å². The molecule has 3 aromatic rings. The fourth-order valence-electron chi connectivity index (χ4n) is 3.86. The molecular weight excluding hydrogens is 382 g/mol. The quantitative estimate of drug-likeness (QED) is 0.607. The van der Waals surface area contributed by atoms with E-state index in [0.29, 0.717) is 5.92 Å². The first-order valence-corrected chi connectivity index (χ1v) is 11.0. The van der Waals surface area contributed by atoms with Gasteiger partial charge >= 0.3 is 0 Å². The highest BCUT2D eigenvalue weighted by Crippen LogP contribution is 2.32. The minimum atomic E-state index is 0.685. The van der Waals surface area contributed by atoms with Crippen LogP contribution < -0.4 is 5.32 Å². The van der Waals surface area contributed by atoms with Crippen molar-refractivity contribution < 1.29 is 4.42 Å². The third-order valence-corrected chi connectivity index (χ3v) is 6.43. The Bertz CT molecular complexity index is 956. The first-order valence-electron chi connectivity index (χ1n) is 10.2. The Morgan fingerprint density at radius 2 is 2.31 bits per heavy atom. The average Bonchev–Trinajstić information content (AvgIpc) is 3.42. The third-order valence-electron chi connectivity index (χ3n) is 5.29. The van der Waals surface area contributed by atoms with Crippen molar-refractivity contribution in [1.29, 1.82) is 0 Å². The second kappa shape index (κ2) is 8.97. The Morgan fingerprint density at radius 1 is 1.41 bits per heavy atom. The lowest BCUT2D eigenvalue weighted by atomic mass is 9.99. The number of nitrogens with zero attached hydrogens (tertiary/aromatic N) is 4. The summed E-state index contributed by atoms with van der Waals surface area (Å²) < 4.78 is 7.47. The Balaban J connectivity index is 1.38. The molecule has 1 N–H and O–H groups in total. The van der Waals surface area contributed by atoms with Crippen LogP contribution >= 0.6 is 11.3 Å². The fourth-order valence-corrected chi connectivity index (χ4v) is 4.79. The van der Waals surface area contributed by atoms with Crippen LogP contribution in [-0.4, -0.2) is 46.3 Å². The molecule has 1 atom stereocenters. The van der Waals surface area contributed by atoms with Crippen molar-refractivity contribution in [2.75, 3.05) is 32.0 Å². The van der Waals surface area contributed by atoms with Gasteiger partial charge < -0.3 is 14.6 Å². The summed E-state index contributed by atoms with van der Waals surface area (Å²) in [5.41, 5.74) is 3.23. The number of likely N-dealkylation sites (tertiary alicyclic amines) is 1. The lowest BCUT2D eigenvalue weighted by Crippen LogP contribution is -2.34. The van der Waals surface area contributed by atoms with E-state index in [4.69, 9.17) is 14.5 Å². The van der Waals surface area contributed by atoms with Crippen LogP contribution in [0.5, 0.6) is 0 Å². The number of piperidine rings is 1. The Kier molecular flexibility index (Phi) is 6.16.